The average Bonchev–Trinajstić information content (AvgIpc) is 2.92. The number of hydrogen-bond donors (Lipinski definition) is 0. The SMILES string of the molecule is CCOC(=O)c1nc(-c2ccccc2)c2c(c1C)-c1ccccc1[Si]2(C)C. The minimum atomic E-state index is -1.93. The molecule has 4 heteroatoms. The van der Waals surface area contributed by atoms with Crippen LogP contribution in [-0.4, -0.2) is 25.6 Å². The predicted octanol–water partition coefficient (Wildman–Crippen LogP) is 4.04. The third-order valence-corrected chi connectivity index (χ3v) is 8.97. The van der Waals surface area contributed by atoms with Crippen molar-refractivity contribution in [3.8, 4) is 22.4 Å². The zero-order valence-electron chi connectivity index (χ0n) is 16.2. The molecule has 0 amide bonds. The first-order valence-corrected chi connectivity index (χ1v) is 12.3. The maximum atomic E-state index is 12.6. The smallest absolute Gasteiger partial charge is 0.357 e. The summed E-state index contributed by atoms with van der Waals surface area (Å²) in [4.78, 5) is 17.5. The van der Waals surface area contributed by atoms with E-state index in [1.807, 2.05) is 32.0 Å². The first-order valence-electron chi connectivity index (χ1n) is 9.34. The number of ether oxygens (including phenoxy) is 1. The van der Waals surface area contributed by atoms with Crippen LogP contribution in [0.4, 0.5) is 0 Å². The summed E-state index contributed by atoms with van der Waals surface area (Å²) in [6, 6.07) is 18.8. The fraction of sp³-hybridized carbons (Fsp3) is 0.217. The maximum absolute atomic E-state index is 12.6. The number of carbonyl (C=O) groups is 1. The highest BCUT2D eigenvalue weighted by atomic mass is 28.3. The van der Waals surface area contributed by atoms with Crippen LogP contribution in [0.1, 0.15) is 23.0 Å². The van der Waals surface area contributed by atoms with Crippen LogP contribution in [-0.2, 0) is 4.74 Å². The van der Waals surface area contributed by atoms with Crippen LogP contribution < -0.4 is 10.4 Å². The van der Waals surface area contributed by atoms with Gasteiger partial charge in [0.05, 0.1) is 12.3 Å². The lowest BCUT2D eigenvalue weighted by molar-refractivity contribution is 0.0519. The zero-order chi connectivity index (χ0) is 19.2. The van der Waals surface area contributed by atoms with Gasteiger partial charge in [-0.3, -0.25) is 0 Å². The molecule has 2 heterocycles. The third kappa shape index (κ3) is 2.63. The first kappa shape index (κ1) is 17.7. The predicted molar refractivity (Wildman–Crippen MR) is 113 cm³/mol. The Balaban J connectivity index is 2.11. The van der Waals surface area contributed by atoms with Gasteiger partial charge >= 0.3 is 5.97 Å². The van der Waals surface area contributed by atoms with E-state index in [0.717, 1.165) is 16.8 Å². The Hall–Kier alpha value is -2.72. The lowest BCUT2D eigenvalue weighted by Gasteiger charge is -2.23. The fourth-order valence-corrected chi connectivity index (χ4v) is 7.61. The van der Waals surface area contributed by atoms with Gasteiger partial charge in [0.2, 0.25) is 0 Å². The van der Waals surface area contributed by atoms with E-state index >= 15 is 0 Å². The molecule has 0 N–H and O–H groups in total. The van der Waals surface area contributed by atoms with Gasteiger partial charge in [0.15, 0.2) is 5.69 Å². The summed E-state index contributed by atoms with van der Waals surface area (Å²) < 4.78 is 5.31. The molecule has 136 valence electrons. The molecule has 2 aromatic carbocycles. The van der Waals surface area contributed by atoms with Crippen LogP contribution in [0.25, 0.3) is 22.4 Å². The number of aromatic nitrogens is 1. The highest BCUT2D eigenvalue weighted by Gasteiger charge is 2.42. The van der Waals surface area contributed by atoms with Crippen molar-refractivity contribution in [1.82, 2.24) is 4.98 Å². The first-order chi connectivity index (χ1) is 13.0. The molecular weight excluding hydrogens is 350 g/mol. The second-order valence-electron chi connectivity index (χ2n) is 7.44. The Morgan fingerprint density at radius 3 is 2.41 bits per heavy atom. The van der Waals surface area contributed by atoms with E-state index in [1.54, 1.807) is 0 Å². The molecule has 0 radical (unpaired) electrons. The van der Waals surface area contributed by atoms with Crippen molar-refractivity contribution in [1.29, 1.82) is 0 Å². The quantitative estimate of drug-likeness (QED) is 0.514. The number of esters is 1. The van der Waals surface area contributed by atoms with E-state index in [2.05, 4.69) is 49.5 Å². The van der Waals surface area contributed by atoms with E-state index in [0.29, 0.717) is 12.3 Å². The normalized spacial score (nSPS) is 13.8. The molecule has 1 aromatic heterocycles. The van der Waals surface area contributed by atoms with E-state index in [4.69, 9.17) is 9.72 Å². The van der Waals surface area contributed by atoms with Gasteiger partial charge in [-0.1, -0.05) is 67.7 Å². The Bertz CT molecular complexity index is 1040. The number of rotatable bonds is 3. The van der Waals surface area contributed by atoms with Crippen molar-refractivity contribution < 1.29 is 9.53 Å². The summed E-state index contributed by atoms with van der Waals surface area (Å²) in [5.74, 6) is -0.348. The minimum Gasteiger partial charge on any atom is -0.461 e. The largest absolute Gasteiger partial charge is 0.461 e. The molecule has 1 aliphatic heterocycles. The summed E-state index contributed by atoms with van der Waals surface area (Å²) in [5.41, 5.74) is 5.75. The Morgan fingerprint density at radius 1 is 1.04 bits per heavy atom. The number of pyridine rings is 1. The van der Waals surface area contributed by atoms with Crippen LogP contribution in [0.5, 0.6) is 0 Å². The van der Waals surface area contributed by atoms with Gasteiger partial charge in [-0.2, -0.15) is 0 Å². The molecule has 0 saturated carbocycles. The number of fused-ring (bicyclic) bond motifs is 3. The summed E-state index contributed by atoms with van der Waals surface area (Å²) in [6.07, 6.45) is 0. The second kappa shape index (κ2) is 6.46. The van der Waals surface area contributed by atoms with Crippen molar-refractivity contribution in [3.05, 3.63) is 65.9 Å². The van der Waals surface area contributed by atoms with E-state index in [9.17, 15) is 4.79 Å². The molecule has 27 heavy (non-hydrogen) atoms. The Morgan fingerprint density at radius 2 is 1.70 bits per heavy atom. The molecule has 0 bridgehead atoms. The Labute approximate surface area is 161 Å². The van der Waals surface area contributed by atoms with Crippen LogP contribution in [0.2, 0.25) is 13.1 Å². The molecule has 0 atom stereocenters. The molecule has 0 fully saturated rings. The van der Waals surface area contributed by atoms with Crippen molar-refractivity contribution in [2.75, 3.05) is 6.61 Å². The van der Waals surface area contributed by atoms with Crippen molar-refractivity contribution in [2.45, 2.75) is 26.9 Å². The molecule has 0 unspecified atom stereocenters. The average molecular weight is 374 g/mol. The summed E-state index contributed by atoms with van der Waals surface area (Å²) in [7, 11) is -1.93. The lowest BCUT2D eigenvalue weighted by Crippen LogP contribution is -2.50. The molecule has 3 nitrogen and oxygen atoms in total. The van der Waals surface area contributed by atoms with Gasteiger partial charge in [-0.15, -0.1) is 0 Å². The van der Waals surface area contributed by atoms with Gasteiger partial charge in [-0.05, 0) is 40.9 Å². The molecule has 3 aromatic rings. The van der Waals surface area contributed by atoms with Crippen molar-refractivity contribution >= 4 is 24.4 Å². The highest BCUT2D eigenvalue weighted by Crippen LogP contribution is 2.35. The van der Waals surface area contributed by atoms with Crippen molar-refractivity contribution in [3.63, 3.8) is 0 Å². The fourth-order valence-electron chi connectivity index (χ4n) is 4.20. The topological polar surface area (TPSA) is 39.2 Å². The molecule has 1 aliphatic rings. The standard InChI is InChI=1S/C23H23NO2Si/c1-5-26-23(25)20-15(2)19-17-13-9-10-14-18(17)27(3,4)22(19)21(24-20)16-11-7-6-8-12-16/h6-14H,5H2,1-4H3. The zero-order valence-corrected chi connectivity index (χ0v) is 17.2. The van der Waals surface area contributed by atoms with E-state index in [-0.39, 0.29) is 5.97 Å². The number of carbonyl (C=O) groups excluding carboxylic acids is 1. The summed E-state index contributed by atoms with van der Waals surface area (Å²) in [6.45, 7) is 8.91. The highest BCUT2D eigenvalue weighted by molar-refractivity contribution is 7.04. The number of hydrogen-bond acceptors (Lipinski definition) is 3. The van der Waals surface area contributed by atoms with Crippen LogP contribution in [0.15, 0.2) is 54.6 Å². The molecule has 0 saturated heterocycles. The summed E-state index contributed by atoms with van der Waals surface area (Å²) >= 11 is 0. The van der Waals surface area contributed by atoms with Crippen LogP contribution >= 0.6 is 0 Å². The van der Waals surface area contributed by atoms with Crippen molar-refractivity contribution in [2.24, 2.45) is 0 Å². The molecule has 4 rings (SSSR count). The number of nitrogens with zero attached hydrogens (tertiary/aromatic N) is 1. The summed E-state index contributed by atoms with van der Waals surface area (Å²) in [5, 5.41) is 2.73. The lowest BCUT2D eigenvalue weighted by atomic mass is 9.97. The van der Waals surface area contributed by atoms with Gasteiger partial charge in [0, 0.05) is 5.56 Å². The maximum Gasteiger partial charge on any atom is 0.357 e. The minimum absolute atomic E-state index is 0.342. The van der Waals surface area contributed by atoms with E-state index in [1.165, 1.54) is 21.5 Å². The monoisotopic (exact) mass is 373 g/mol. The molecule has 0 aliphatic carbocycles. The van der Waals surface area contributed by atoms with E-state index < -0.39 is 8.07 Å². The van der Waals surface area contributed by atoms with Gasteiger partial charge in [-0.25, -0.2) is 9.78 Å². The van der Waals surface area contributed by atoms with Gasteiger partial charge in [0.25, 0.3) is 0 Å². The third-order valence-electron chi connectivity index (χ3n) is 5.45. The number of benzene rings is 2. The van der Waals surface area contributed by atoms with Crippen LogP contribution in [0.3, 0.4) is 0 Å². The Kier molecular flexibility index (Phi) is 4.23. The van der Waals surface area contributed by atoms with Gasteiger partial charge < -0.3 is 4.74 Å². The molecular formula is C23H23NO2Si. The second-order valence-corrected chi connectivity index (χ2v) is 11.7. The molecule has 0 spiro atoms. The van der Waals surface area contributed by atoms with Crippen LogP contribution in [0, 0.1) is 6.92 Å². The van der Waals surface area contributed by atoms with Gasteiger partial charge in [0.1, 0.15) is 8.07 Å².